The van der Waals surface area contributed by atoms with Crippen LogP contribution in [0.5, 0.6) is 0 Å². The molecule has 232 valence electrons. The molecule has 3 aliphatic rings. The topological polar surface area (TPSA) is 56.8 Å². The van der Waals surface area contributed by atoms with Gasteiger partial charge in [0.1, 0.15) is 17.1 Å². The van der Waals surface area contributed by atoms with Crippen molar-refractivity contribution in [2.24, 2.45) is 0 Å². The molecule has 7 nitrogen and oxygen atoms in total. The van der Waals surface area contributed by atoms with Crippen molar-refractivity contribution in [1.29, 1.82) is 0 Å². The summed E-state index contributed by atoms with van der Waals surface area (Å²) in [6.07, 6.45) is -1.89. The van der Waals surface area contributed by atoms with Gasteiger partial charge in [-0.15, -0.1) is 0 Å². The number of anilines is 2. The lowest BCUT2D eigenvalue weighted by Crippen LogP contribution is -2.49. The van der Waals surface area contributed by atoms with Crippen LogP contribution in [0.2, 0.25) is 0 Å². The number of para-hydroxylation sites is 1. The van der Waals surface area contributed by atoms with E-state index in [1.54, 1.807) is 0 Å². The molecule has 0 spiro atoms. The predicted molar refractivity (Wildman–Crippen MR) is 165 cm³/mol. The predicted octanol–water partition coefficient (Wildman–Crippen LogP) is 5.49. The van der Waals surface area contributed by atoms with E-state index in [9.17, 15) is 13.2 Å². The maximum Gasteiger partial charge on any atom is 0.401 e. The molecule has 3 heterocycles. The van der Waals surface area contributed by atoms with Gasteiger partial charge in [-0.1, -0.05) is 30.7 Å². The Hall–Kier alpha value is -2.95. The van der Waals surface area contributed by atoms with Crippen molar-refractivity contribution in [3.63, 3.8) is 0 Å². The number of ether oxygens (including phenoxy) is 1. The first-order valence-corrected chi connectivity index (χ1v) is 15.6. The van der Waals surface area contributed by atoms with Crippen LogP contribution in [-0.2, 0) is 16.7 Å². The molecule has 0 amide bonds. The molecule has 43 heavy (non-hydrogen) atoms. The number of piperidine rings is 1. The van der Waals surface area contributed by atoms with Crippen LogP contribution in [0.4, 0.5) is 24.7 Å². The minimum Gasteiger partial charge on any atom is -0.379 e. The van der Waals surface area contributed by atoms with Gasteiger partial charge in [0.05, 0.1) is 18.7 Å². The summed E-state index contributed by atoms with van der Waals surface area (Å²) in [6, 6.07) is 14.4. The Bertz CT molecular complexity index is 1400. The number of hydrogen-bond donors (Lipinski definition) is 1. The Labute approximate surface area is 252 Å². The number of hydrogen-bond acceptors (Lipinski definition) is 7. The fraction of sp³-hybridized carbons (Fsp3) is 0.576. The molecule has 1 N–H and O–H groups in total. The van der Waals surface area contributed by atoms with Gasteiger partial charge in [-0.25, -0.2) is 9.97 Å². The molecular formula is C33H43F3N6O. The Morgan fingerprint density at radius 1 is 1.00 bits per heavy atom. The van der Waals surface area contributed by atoms with E-state index in [0.29, 0.717) is 30.2 Å². The van der Waals surface area contributed by atoms with E-state index in [1.165, 1.54) is 11.3 Å². The lowest BCUT2D eigenvalue weighted by molar-refractivity contribution is -0.215. The van der Waals surface area contributed by atoms with Crippen molar-refractivity contribution in [3.8, 4) is 0 Å². The molecule has 1 saturated carbocycles. The summed E-state index contributed by atoms with van der Waals surface area (Å²) in [5.41, 5.74) is 2.28. The van der Waals surface area contributed by atoms with Gasteiger partial charge in [0.25, 0.3) is 0 Å². The Morgan fingerprint density at radius 3 is 2.42 bits per heavy atom. The van der Waals surface area contributed by atoms with Crippen LogP contribution in [0, 0.1) is 0 Å². The van der Waals surface area contributed by atoms with Gasteiger partial charge in [-0.2, -0.15) is 13.2 Å². The molecule has 0 radical (unpaired) electrons. The van der Waals surface area contributed by atoms with Gasteiger partial charge in [0.2, 0.25) is 0 Å². The molecule has 2 aromatic carbocycles. The van der Waals surface area contributed by atoms with Crippen LogP contribution in [0.3, 0.4) is 0 Å². The summed E-state index contributed by atoms with van der Waals surface area (Å²) in [7, 11) is 4.13. The first kappa shape index (κ1) is 30.1. The van der Waals surface area contributed by atoms with E-state index >= 15 is 0 Å². The monoisotopic (exact) mass is 596 g/mol. The number of rotatable bonds is 9. The first-order valence-electron chi connectivity index (χ1n) is 15.6. The quantitative estimate of drug-likeness (QED) is 0.328. The van der Waals surface area contributed by atoms with E-state index in [-0.39, 0.29) is 18.7 Å². The van der Waals surface area contributed by atoms with Crippen LogP contribution in [0.1, 0.15) is 55.0 Å². The first-order chi connectivity index (χ1) is 20.7. The van der Waals surface area contributed by atoms with Crippen LogP contribution < -0.4 is 15.1 Å². The smallest absolute Gasteiger partial charge is 0.379 e. The van der Waals surface area contributed by atoms with Gasteiger partial charge in [0, 0.05) is 71.0 Å². The highest BCUT2D eigenvalue weighted by Crippen LogP contribution is 2.54. The van der Waals surface area contributed by atoms with Crippen LogP contribution in [0.15, 0.2) is 42.5 Å². The minimum absolute atomic E-state index is 0.0516. The minimum atomic E-state index is -4.37. The van der Waals surface area contributed by atoms with Crippen molar-refractivity contribution in [2.75, 3.05) is 76.4 Å². The number of nitrogens with zero attached hydrogens (tertiary/aromatic N) is 5. The fourth-order valence-corrected chi connectivity index (χ4v) is 6.83. The van der Waals surface area contributed by atoms with Gasteiger partial charge in [-0.05, 0) is 60.9 Å². The highest BCUT2D eigenvalue weighted by Gasteiger charge is 2.61. The zero-order chi connectivity index (χ0) is 30.0. The average molecular weight is 597 g/mol. The number of halogens is 3. The van der Waals surface area contributed by atoms with Crippen molar-refractivity contribution in [1.82, 2.24) is 20.2 Å². The second-order valence-electron chi connectivity index (χ2n) is 12.5. The second kappa shape index (κ2) is 12.6. The fourth-order valence-electron chi connectivity index (χ4n) is 6.83. The number of morpholine rings is 1. The normalized spacial score (nSPS) is 19.9. The number of alkyl halides is 3. The number of benzene rings is 2. The highest BCUT2D eigenvalue weighted by atomic mass is 19.4. The molecule has 0 atom stereocenters. The zero-order valence-corrected chi connectivity index (χ0v) is 25.3. The third-order valence-corrected chi connectivity index (χ3v) is 9.61. The molecule has 10 heteroatoms. The summed E-state index contributed by atoms with van der Waals surface area (Å²) in [5, 5.41) is 4.37. The van der Waals surface area contributed by atoms with Crippen molar-refractivity contribution >= 4 is 22.4 Å². The van der Waals surface area contributed by atoms with Gasteiger partial charge in [-0.3, -0.25) is 4.90 Å². The molecule has 3 fully saturated rings. The highest BCUT2D eigenvalue weighted by molar-refractivity contribution is 5.90. The van der Waals surface area contributed by atoms with E-state index in [1.807, 2.05) is 12.1 Å². The molecule has 0 bridgehead atoms. The molecule has 2 saturated heterocycles. The van der Waals surface area contributed by atoms with E-state index in [4.69, 9.17) is 9.72 Å². The maximum absolute atomic E-state index is 14.4. The molecule has 2 aliphatic heterocycles. The van der Waals surface area contributed by atoms with Crippen LogP contribution >= 0.6 is 0 Å². The SMILES string of the molecule is CN(C)c1ccccc1C1CCN(c2nc(C3(C(F)(F)F)CCC3)nc3ccc(CNCCN4CCOCC4)cc23)CC1. The summed E-state index contributed by atoms with van der Waals surface area (Å²) in [4.78, 5) is 16.1. The largest absolute Gasteiger partial charge is 0.401 e. The number of aromatic nitrogens is 2. The molecule has 3 aromatic rings. The van der Waals surface area contributed by atoms with Crippen LogP contribution in [-0.4, -0.2) is 87.6 Å². The lowest BCUT2D eigenvalue weighted by atomic mass is 9.67. The third-order valence-electron chi connectivity index (χ3n) is 9.61. The second-order valence-corrected chi connectivity index (χ2v) is 12.5. The average Bonchev–Trinajstić information content (AvgIpc) is 2.98. The Morgan fingerprint density at radius 2 is 1.74 bits per heavy atom. The van der Waals surface area contributed by atoms with Gasteiger partial charge < -0.3 is 19.9 Å². The lowest BCUT2D eigenvalue weighted by Gasteiger charge is -2.42. The Balaban J connectivity index is 1.26. The van der Waals surface area contributed by atoms with Gasteiger partial charge in [0.15, 0.2) is 0 Å². The van der Waals surface area contributed by atoms with Crippen molar-refractivity contribution in [2.45, 2.75) is 56.2 Å². The molecule has 1 aliphatic carbocycles. The van der Waals surface area contributed by atoms with Crippen molar-refractivity contribution < 1.29 is 17.9 Å². The van der Waals surface area contributed by atoms with E-state index in [0.717, 1.165) is 76.3 Å². The van der Waals surface area contributed by atoms with E-state index < -0.39 is 11.6 Å². The Kier molecular flexibility index (Phi) is 8.80. The van der Waals surface area contributed by atoms with E-state index in [2.05, 4.69) is 69.4 Å². The number of fused-ring (bicyclic) bond motifs is 1. The number of nitrogens with one attached hydrogen (secondary N) is 1. The van der Waals surface area contributed by atoms with Crippen LogP contribution in [0.25, 0.3) is 10.9 Å². The van der Waals surface area contributed by atoms with Crippen molar-refractivity contribution in [3.05, 3.63) is 59.4 Å². The standard InChI is InChI=1S/C33H43F3N6O/c1-40(2)29-7-4-3-6-26(29)25-10-15-42(16-11-25)30-27-22-24(23-37-14-17-41-18-20-43-21-19-41)8-9-28(27)38-31(39-30)32(12-5-13-32)33(34,35)36/h3-4,6-9,22,25,37H,5,10-21,23H2,1-2H3. The third kappa shape index (κ3) is 6.19. The zero-order valence-electron chi connectivity index (χ0n) is 25.3. The molecule has 6 rings (SSSR count). The van der Waals surface area contributed by atoms with Gasteiger partial charge >= 0.3 is 6.18 Å². The molecule has 0 unspecified atom stereocenters. The summed E-state index contributed by atoms with van der Waals surface area (Å²) in [5.74, 6) is 0.969. The molecular weight excluding hydrogens is 553 g/mol. The molecule has 1 aromatic heterocycles. The summed E-state index contributed by atoms with van der Waals surface area (Å²) in [6.45, 7) is 7.44. The summed E-state index contributed by atoms with van der Waals surface area (Å²) < 4.78 is 48.7. The summed E-state index contributed by atoms with van der Waals surface area (Å²) >= 11 is 0. The maximum atomic E-state index is 14.4.